The summed E-state index contributed by atoms with van der Waals surface area (Å²) in [6.45, 7) is 7.41. The highest BCUT2D eigenvalue weighted by Crippen LogP contribution is 2.71. The lowest BCUT2D eigenvalue weighted by Gasteiger charge is -2.65. The van der Waals surface area contributed by atoms with Crippen LogP contribution in [0.2, 0.25) is 0 Å². The molecule has 4 fully saturated rings. The molecule has 1 unspecified atom stereocenters. The Morgan fingerprint density at radius 3 is 2.14 bits per heavy atom. The third-order valence-corrected chi connectivity index (χ3v) is 13.8. The maximum atomic E-state index is 12.7. The number of ether oxygens (including phenoxy) is 4. The Morgan fingerprint density at radius 1 is 0.840 bits per heavy atom. The fraction of sp³-hybridized carbons (Fsp3) is 0.659. The number of rotatable bonds is 12. The standard InChI is InChI=1S/C41H56O8S/c1-28(15-18-35(42)46-25-29-11-7-5-8-12-29)32-16-17-33-36-34(19-20-39(32,33)3)38(2)21-22-40(44,23-31(38)24-41(36,45)48-27-50-4)49-37(43)47-26-30-13-9-6-10-14-30/h5-14,28,31-34,36,44-45H,15-27H2,1-4H3/t28-,31?,32-,33+,34+,36+,38+,39-,40-,41-/m1/s1. The van der Waals surface area contributed by atoms with E-state index < -0.39 is 17.7 Å². The van der Waals surface area contributed by atoms with Crippen molar-refractivity contribution in [2.24, 2.45) is 46.3 Å². The quantitative estimate of drug-likeness (QED) is 0.166. The second-order valence-corrected chi connectivity index (χ2v) is 17.0. The van der Waals surface area contributed by atoms with Gasteiger partial charge in [-0.3, -0.25) is 4.79 Å². The van der Waals surface area contributed by atoms with Crippen molar-refractivity contribution >= 4 is 23.9 Å². The number of aliphatic hydroxyl groups is 2. The lowest BCUT2D eigenvalue weighted by molar-refractivity contribution is -0.331. The molecule has 4 aliphatic carbocycles. The number of benzene rings is 2. The Labute approximate surface area is 302 Å². The van der Waals surface area contributed by atoms with Gasteiger partial charge in [-0.25, -0.2) is 4.79 Å². The molecule has 10 atom stereocenters. The van der Waals surface area contributed by atoms with Crippen molar-refractivity contribution in [3.63, 3.8) is 0 Å². The number of hydrogen-bond donors (Lipinski definition) is 2. The smallest absolute Gasteiger partial charge is 0.461 e. The van der Waals surface area contributed by atoms with Gasteiger partial charge in [-0.15, -0.1) is 11.8 Å². The monoisotopic (exact) mass is 708 g/mol. The Hall–Kier alpha value is -2.59. The molecule has 2 N–H and O–H groups in total. The van der Waals surface area contributed by atoms with Gasteiger partial charge >= 0.3 is 12.1 Å². The fourth-order valence-corrected chi connectivity index (χ4v) is 11.1. The van der Waals surface area contributed by atoms with Crippen LogP contribution in [-0.2, 0) is 37.0 Å². The first-order valence-electron chi connectivity index (χ1n) is 18.6. The zero-order valence-corrected chi connectivity index (χ0v) is 31.0. The van der Waals surface area contributed by atoms with Crippen molar-refractivity contribution in [2.75, 3.05) is 12.2 Å². The van der Waals surface area contributed by atoms with Gasteiger partial charge in [0.05, 0.1) is 5.94 Å². The topological polar surface area (TPSA) is 112 Å². The van der Waals surface area contributed by atoms with Gasteiger partial charge in [0, 0.05) is 31.6 Å². The Bertz CT molecular complexity index is 1460. The Kier molecular flexibility index (Phi) is 11.3. The summed E-state index contributed by atoms with van der Waals surface area (Å²) in [5, 5.41) is 24.2. The minimum absolute atomic E-state index is 0.0233. The number of esters is 1. The van der Waals surface area contributed by atoms with Crippen LogP contribution in [0.4, 0.5) is 4.79 Å². The van der Waals surface area contributed by atoms with E-state index in [4.69, 9.17) is 18.9 Å². The Morgan fingerprint density at radius 2 is 1.48 bits per heavy atom. The van der Waals surface area contributed by atoms with Gasteiger partial charge < -0.3 is 29.2 Å². The number of carbonyl (C=O) groups is 2. The summed E-state index contributed by atoms with van der Waals surface area (Å²) in [6, 6.07) is 19.2. The molecular weight excluding hydrogens is 653 g/mol. The summed E-state index contributed by atoms with van der Waals surface area (Å²) in [5.41, 5.74) is 1.72. The zero-order valence-electron chi connectivity index (χ0n) is 30.2. The molecule has 274 valence electrons. The van der Waals surface area contributed by atoms with Crippen molar-refractivity contribution in [3.05, 3.63) is 71.8 Å². The number of hydrogen-bond acceptors (Lipinski definition) is 9. The van der Waals surface area contributed by atoms with Gasteiger partial charge in [0.2, 0.25) is 5.79 Å². The van der Waals surface area contributed by atoms with Gasteiger partial charge in [-0.2, -0.15) is 0 Å². The minimum atomic E-state index is -1.66. The summed E-state index contributed by atoms with van der Waals surface area (Å²) in [6.07, 6.45) is 8.04. The summed E-state index contributed by atoms with van der Waals surface area (Å²) in [4.78, 5) is 25.5. The van der Waals surface area contributed by atoms with E-state index in [2.05, 4.69) is 20.8 Å². The van der Waals surface area contributed by atoms with Crippen molar-refractivity contribution in [1.82, 2.24) is 0 Å². The molecule has 0 spiro atoms. The molecule has 0 amide bonds. The van der Waals surface area contributed by atoms with E-state index in [1.54, 1.807) is 11.8 Å². The second kappa shape index (κ2) is 15.2. The van der Waals surface area contributed by atoms with E-state index in [9.17, 15) is 19.8 Å². The van der Waals surface area contributed by atoms with Gasteiger partial charge in [-0.05, 0) is 96.3 Å². The lowest BCUT2D eigenvalue weighted by Crippen LogP contribution is -2.65. The van der Waals surface area contributed by atoms with E-state index in [0.29, 0.717) is 50.1 Å². The molecule has 0 aliphatic heterocycles. The minimum Gasteiger partial charge on any atom is -0.461 e. The highest BCUT2D eigenvalue weighted by Gasteiger charge is 2.68. The summed E-state index contributed by atoms with van der Waals surface area (Å²) in [5.74, 6) is -1.63. The maximum absolute atomic E-state index is 12.7. The number of thioether (sulfide) groups is 1. The predicted molar refractivity (Wildman–Crippen MR) is 192 cm³/mol. The maximum Gasteiger partial charge on any atom is 0.511 e. The summed E-state index contributed by atoms with van der Waals surface area (Å²) < 4.78 is 23.0. The predicted octanol–water partition coefficient (Wildman–Crippen LogP) is 8.48. The molecule has 0 heterocycles. The average Bonchev–Trinajstić information content (AvgIpc) is 3.46. The molecule has 2 aromatic rings. The molecule has 8 nitrogen and oxygen atoms in total. The van der Waals surface area contributed by atoms with Crippen molar-refractivity contribution in [2.45, 2.75) is 110 Å². The zero-order chi connectivity index (χ0) is 35.6. The normalized spacial score (nSPS) is 36.7. The third-order valence-electron chi connectivity index (χ3n) is 13.4. The van der Waals surface area contributed by atoms with Crippen LogP contribution in [0.3, 0.4) is 0 Å². The molecule has 0 aromatic heterocycles. The number of carbonyl (C=O) groups excluding carboxylic acids is 2. The van der Waals surface area contributed by atoms with Gasteiger partial charge in [0.15, 0.2) is 5.79 Å². The molecule has 0 saturated heterocycles. The van der Waals surface area contributed by atoms with Crippen molar-refractivity contribution in [1.29, 1.82) is 0 Å². The van der Waals surface area contributed by atoms with Crippen LogP contribution >= 0.6 is 11.8 Å². The lowest BCUT2D eigenvalue weighted by atomic mass is 9.42. The molecular formula is C41H56O8S. The van der Waals surface area contributed by atoms with E-state index in [0.717, 1.165) is 43.2 Å². The van der Waals surface area contributed by atoms with E-state index in [-0.39, 0.29) is 53.5 Å². The van der Waals surface area contributed by atoms with Gasteiger partial charge in [0.1, 0.15) is 13.2 Å². The number of fused-ring (bicyclic) bond motifs is 5. The fourth-order valence-electron chi connectivity index (χ4n) is 10.8. The van der Waals surface area contributed by atoms with Crippen LogP contribution in [0.1, 0.15) is 96.1 Å². The first-order chi connectivity index (χ1) is 23.9. The molecule has 6 rings (SSSR count). The second-order valence-electron chi connectivity index (χ2n) is 16.2. The average molecular weight is 709 g/mol. The van der Waals surface area contributed by atoms with E-state index in [1.807, 2.05) is 66.9 Å². The SMILES string of the molecule is CSCO[C@]1(O)CC2C[C@](O)(OC(=O)OCc3ccccc3)CC[C@]2(C)[C@H]2CC[C@]3(C)[C@@H]([C@H](C)CCC(=O)OCc4ccccc4)CC[C@H]3[C@@H]21. The van der Waals surface area contributed by atoms with E-state index in [1.165, 1.54) is 0 Å². The van der Waals surface area contributed by atoms with E-state index >= 15 is 0 Å². The molecule has 0 radical (unpaired) electrons. The van der Waals surface area contributed by atoms with Crippen molar-refractivity contribution in [3.8, 4) is 0 Å². The molecule has 4 aliphatic rings. The summed E-state index contributed by atoms with van der Waals surface area (Å²) >= 11 is 1.55. The van der Waals surface area contributed by atoms with Crippen LogP contribution in [0.25, 0.3) is 0 Å². The van der Waals surface area contributed by atoms with Gasteiger partial charge in [0.25, 0.3) is 0 Å². The first-order valence-corrected chi connectivity index (χ1v) is 20.0. The van der Waals surface area contributed by atoms with Crippen LogP contribution < -0.4 is 0 Å². The molecule has 2 aromatic carbocycles. The van der Waals surface area contributed by atoms with Gasteiger partial charge in [-0.1, -0.05) is 81.4 Å². The highest BCUT2D eigenvalue weighted by atomic mass is 32.2. The van der Waals surface area contributed by atoms with Crippen LogP contribution in [0, 0.1) is 46.3 Å². The van der Waals surface area contributed by atoms with Crippen LogP contribution in [0.5, 0.6) is 0 Å². The highest BCUT2D eigenvalue weighted by molar-refractivity contribution is 7.98. The Balaban J connectivity index is 1.13. The summed E-state index contributed by atoms with van der Waals surface area (Å²) in [7, 11) is 0. The third kappa shape index (κ3) is 7.62. The first kappa shape index (κ1) is 37.2. The van der Waals surface area contributed by atoms with Crippen molar-refractivity contribution < 1.29 is 38.7 Å². The molecule has 4 saturated carbocycles. The molecule has 50 heavy (non-hydrogen) atoms. The largest absolute Gasteiger partial charge is 0.511 e. The molecule has 0 bridgehead atoms. The van der Waals surface area contributed by atoms with Crippen LogP contribution in [0.15, 0.2) is 60.7 Å². The van der Waals surface area contributed by atoms with Crippen LogP contribution in [-0.4, -0.2) is 46.1 Å². The molecule has 9 heteroatoms.